The van der Waals surface area contributed by atoms with E-state index in [1.165, 1.54) is 12.1 Å². The van der Waals surface area contributed by atoms with Gasteiger partial charge in [0.1, 0.15) is 0 Å². The van der Waals surface area contributed by atoms with Crippen LogP contribution in [-0.2, 0) is 15.0 Å². The molecule has 1 atom stereocenters. The molecular formula is C10H13NO5S. The van der Waals surface area contributed by atoms with Crippen molar-refractivity contribution in [2.24, 2.45) is 0 Å². The second-order valence-electron chi connectivity index (χ2n) is 3.68. The Labute approximate surface area is 99.4 Å². The molecule has 1 aromatic rings. The van der Waals surface area contributed by atoms with Gasteiger partial charge in [-0.3, -0.25) is 0 Å². The molecule has 17 heavy (non-hydrogen) atoms. The maximum atomic E-state index is 11.6. The number of hydrogen-bond donors (Lipinski definition) is 2. The molecule has 0 unspecified atom stereocenters. The van der Waals surface area contributed by atoms with Crippen LogP contribution in [0, 0.1) is 0 Å². The van der Waals surface area contributed by atoms with Crippen molar-refractivity contribution in [3.63, 3.8) is 0 Å². The lowest BCUT2D eigenvalue weighted by Gasteiger charge is -2.12. The molecule has 1 saturated heterocycles. The molecule has 1 aliphatic heterocycles. The molecule has 1 fully saturated rings. The van der Waals surface area contributed by atoms with Crippen LogP contribution in [0.15, 0.2) is 24.3 Å². The maximum Gasteiger partial charge on any atom is 0.383 e. The normalized spacial score (nSPS) is 20.4. The van der Waals surface area contributed by atoms with E-state index in [1.54, 1.807) is 12.1 Å². The Morgan fingerprint density at radius 3 is 2.82 bits per heavy atom. The maximum absolute atomic E-state index is 11.6. The number of phenolic OH excluding ortho intramolecular Hbond substituents is 1. The zero-order chi connectivity index (χ0) is 12.3. The first-order valence-corrected chi connectivity index (χ1v) is 6.55. The summed E-state index contributed by atoms with van der Waals surface area (Å²) < 4.78 is 35.4. The number of phenols is 1. The monoisotopic (exact) mass is 259 g/mol. The third-order valence-corrected chi connectivity index (χ3v) is 3.33. The van der Waals surface area contributed by atoms with Crippen LogP contribution in [0.5, 0.6) is 11.5 Å². The van der Waals surface area contributed by atoms with Gasteiger partial charge in [-0.15, -0.1) is 0 Å². The van der Waals surface area contributed by atoms with E-state index in [-0.39, 0.29) is 17.5 Å². The zero-order valence-electron chi connectivity index (χ0n) is 9.00. The fourth-order valence-corrected chi connectivity index (χ4v) is 2.52. The van der Waals surface area contributed by atoms with Crippen molar-refractivity contribution in [2.45, 2.75) is 12.5 Å². The third kappa shape index (κ3) is 3.32. The number of ether oxygens (including phenoxy) is 1. The Morgan fingerprint density at radius 1 is 1.41 bits per heavy atom. The number of hydrogen-bond acceptors (Lipinski definition) is 5. The van der Waals surface area contributed by atoms with Crippen molar-refractivity contribution in [3.8, 4) is 11.5 Å². The summed E-state index contributed by atoms with van der Waals surface area (Å²) in [5.41, 5.74) is 0. The van der Waals surface area contributed by atoms with Gasteiger partial charge < -0.3 is 14.0 Å². The summed E-state index contributed by atoms with van der Waals surface area (Å²) in [6.45, 7) is 0.868. The minimum Gasteiger partial charge on any atom is -0.504 e. The van der Waals surface area contributed by atoms with Crippen LogP contribution in [0.2, 0.25) is 0 Å². The van der Waals surface area contributed by atoms with Crippen molar-refractivity contribution in [2.75, 3.05) is 13.2 Å². The Morgan fingerprint density at radius 2 is 2.18 bits per heavy atom. The lowest BCUT2D eigenvalue weighted by molar-refractivity contribution is 0.192. The molecule has 0 spiro atoms. The molecule has 1 aliphatic rings. The summed E-state index contributed by atoms with van der Waals surface area (Å²) in [6.07, 6.45) is 0.614. The zero-order valence-corrected chi connectivity index (χ0v) is 9.81. The van der Waals surface area contributed by atoms with E-state index >= 15 is 0 Å². The van der Waals surface area contributed by atoms with E-state index in [0.717, 1.165) is 0 Å². The summed E-state index contributed by atoms with van der Waals surface area (Å²) in [4.78, 5) is 0. The van der Waals surface area contributed by atoms with Crippen LogP contribution in [0.3, 0.4) is 0 Å². The van der Waals surface area contributed by atoms with Gasteiger partial charge in [0.25, 0.3) is 0 Å². The molecule has 94 valence electrons. The smallest absolute Gasteiger partial charge is 0.383 e. The van der Waals surface area contributed by atoms with Gasteiger partial charge in [0.05, 0.1) is 12.6 Å². The average Bonchev–Trinajstić information content (AvgIpc) is 2.73. The van der Waals surface area contributed by atoms with Gasteiger partial charge in [-0.2, -0.15) is 13.1 Å². The molecule has 2 N–H and O–H groups in total. The molecule has 7 heteroatoms. The fourth-order valence-electron chi connectivity index (χ4n) is 1.50. The van der Waals surface area contributed by atoms with Gasteiger partial charge in [0, 0.05) is 6.61 Å². The van der Waals surface area contributed by atoms with Crippen LogP contribution in [-0.4, -0.2) is 32.8 Å². The number of para-hydroxylation sites is 2. The minimum absolute atomic E-state index is 0.0982. The van der Waals surface area contributed by atoms with E-state index in [2.05, 4.69) is 4.72 Å². The van der Waals surface area contributed by atoms with E-state index in [1.807, 2.05) is 0 Å². The van der Waals surface area contributed by atoms with Crippen molar-refractivity contribution in [1.29, 1.82) is 0 Å². The third-order valence-electron chi connectivity index (χ3n) is 2.31. The predicted octanol–water partition coefficient (Wildman–Crippen LogP) is 0.394. The van der Waals surface area contributed by atoms with Gasteiger partial charge in [-0.1, -0.05) is 12.1 Å². The quantitative estimate of drug-likeness (QED) is 0.817. The molecule has 0 aliphatic carbocycles. The highest BCUT2D eigenvalue weighted by Crippen LogP contribution is 2.25. The summed E-state index contributed by atoms with van der Waals surface area (Å²) in [5.74, 6) is -0.320. The van der Waals surface area contributed by atoms with E-state index in [4.69, 9.17) is 8.92 Å². The summed E-state index contributed by atoms with van der Waals surface area (Å²) >= 11 is 0. The molecule has 0 saturated carbocycles. The number of aromatic hydroxyl groups is 1. The van der Waals surface area contributed by atoms with Crippen molar-refractivity contribution in [3.05, 3.63) is 24.3 Å². The lowest BCUT2D eigenvalue weighted by Crippen LogP contribution is -2.37. The van der Waals surface area contributed by atoms with Gasteiger partial charge in [-0.25, -0.2) is 0 Å². The molecule has 0 radical (unpaired) electrons. The second kappa shape index (κ2) is 4.91. The van der Waals surface area contributed by atoms with E-state index in [0.29, 0.717) is 19.6 Å². The number of rotatable bonds is 4. The Kier molecular flexibility index (Phi) is 3.51. The molecule has 1 heterocycles. The van der Waals surface area contributed by atoms with Crippen LogP contribution < -0.4 is 8.91 Å². The first kappa shape index (κ1) is 12.2. The lowest BCUT2D eigenvalue weighted by atomic mass is 10.3. The van der Waals surface area contributed by atoms with Crippen LogP contribution in [0.1, 0.15) is 6.42 Å². The largest absolute Gasteiger partial charge is 0.504 e. The van der Waals surface area contributed by atoms with E-state index in [9.17, 15) is 13.5 Å². The summed E-state index contributed by atoms with van der Waals surface area (Å²) in [7, 11) is -3.93. The first-order valence-electron chi connectivity index (χ1n) is 5.14. The second-order valence-corrected chi connectivity index (χ2v) is 4.99. The average molecular weight is 259 g/mol. The predicted molar refractivity (Wildman–Crippen MR) is 60.0 cm³/mol. The van der Waals surface area contributed by atoms with Gasteiger partial charge in [0.2, 0.25) is 0 Å². The van der Waals surface area contributed by atoms with Crippen molar-refractivity contribution in [1.82, 2.24) is 4.72 Å². The molecule has 0 aromatic heterocycles. The highest BCUT2D eigenvalue weighted by molar-refractivity contribution is 7.85. The van der Waals surface area contributed by atoms with Crippen molar-refractivity contribution < 1.29 is 22.4 Å². The molecule has 0 amide bonds. The van der Waals surface area contributed by atoms with Crippen molar-refractivity contribution >= 4 is 10.3 Å². The first-order chi connectivity index (χ1) is 8.07. The van der Waals surface area contributed by atoms with Crippen LogP contribution >= 0.6 is 0 Å². The highest BCUT2D eigenvalue weighted by Gasteiger charge is 2.23. The van der Waals surface area contributed by atoms with Gasteiger partial charge in [-0.05, 0) is 18.6 Å². The topological polar surface area (TPSA) is 84.9 Å². The van der Waals surface area contributed by atoms with Crippen LogP contribution in [0.4, 0.5) is 0 Å². The van der Waals surface area contributed by atoms with Gasteiger partial charge in [0.15, 0.2) is 11.5 Å². The van der Waals surface area contributed by atoms with E-state index < -0.39 is 10.3 Å². The Bertz CT molecular complexity index is 481. The van der Waals surface area contributed by atoms with Crippen LogP contribution in [0.25, 0.3) is 0 Å². The molecule has 0 bridgehead atoms. The Balaban J connectivity index is 2.04. The number of benzene rings is 1. The standard InChI is InChI=1S/C10H13NO5S/c12-9-3-1-2-4-10(9)16-17(13,14)11-8-5-6-15-7-8/h1-4,8,11-12H,5-7H2/t8-/m0/s1. The summed E-state index contributed by atoms with van der Waals surface area (Å²) in [5, 5.41) is 9.39. The molecule has 6 nitrogen and oxygen atoms in total. The molecule has 2 rings (SSSR count). The summed E-state index contributed by atoms with van der Waals surface area (Å²) in [6, 6.07) is 5.60. The minimum atomic E-state index is -3.93. The fraction of sp³-hybridized carbons (Fsp3) is 0.400. The molecule has 1 aromatic carbocycles. The highest BCUT2D eigenvalue weighted by atomic mass is 32.2. The number of nitrogens with one attached hydrogen (secondary N) is 1. The van der Waals surface area contributed by atoms with Gasteiger partial charge >= 0.3 is 10.3 Å². The SMILES string of the molecule is O=S(=O)(N[C@H]1CCOC1)Oc1ccccc1O. The Hall–Kier alpha value is -1.31. The molecular weight excluding hydrogens is 246 g/mol.